The van der Waals surface area contributed by atoms with E-state index in [0.717, 1.165) is 19.3 Å². The van der Waals surface area contributed by atoms with Crippen LogP contribution in [-0.4, -0.2) is 0 Å². The molecular weight excluding hydrogens is 444 g/mol. The van der Waals surface area contributed by atoms with Crippen LogP contribution in [0.3, 0.4) is 0 Å². The maximum atomic E-state index is 3.74. The first-order valence-electron chi connectivity index (χ1n) is 14.0. The lowest BCUT2D eigenvalue weighted by molar-refractivity contribution is 0.212. The minimum atomic E-state index is -0.0158. The molecule has 5 aliphatic rings. The number of rotatable bonds is 0. The molecule has 2 aromatic carbocycles. The highest BCUT2D eigenvalue weighted by atomic mass is 14.6. The molecule has 2 unspecified atom stereocenters. The molecule has 0 radical (unpaired) electrons. The number of fused-ring (bicyclic) bond motifs is 1. The van der Waals surface area contributed by atoms with Crippen molar-refractivity contribution in [2.75, 3.05) is 0 Å². The number of benzene rings is 2. The van der Waals surface area contributed by atoms with Crippen LogP contribution < -0.4 is 20.9 Å². The summed E-state index contributed by atoms with van der Waals surface area (Å²) in [5.74, 6) is 8.57. The van der Waals surface area contributed by atoms with E-state index in [4.69, 9.17) is 0 Å². The molecule has 0 aliphatic heterocycles. The first-order chi connectivity index (χ1) is 17.8. The zero-order chi connectivity index (χ0) is 25.5. The Balaban J connectivity index is 1.45. The Labute approximate surface area is 221 Å². The van der Waals surface area contributed by atoms with E-state index in [1.807, 2.05) is 0 Å². The van der Waals surface area contributed by atoms with Crippen LogP contribution in [0.4, 0.5) is 0 Å². The third-order valence-electron chi connectivity index (χ3n) is 10.1. The summed E-state index contributed by atoms with van der Waals surface area (Å²) in [6.45, 7) is 12.3. The maximum absolute atomic E-state index is 3.74. The molecule has 184 valence electrons. The van der Waals surface area contributed by atoms with Gasteiger partial charge < -0.3 is 0 Å². The molecule has 0 heteroatoms. The molecule has 0 spiro atoms. The fourth-order valence-corrected chi connectivity index (χ4v) is 7.98. The zero-order valence-electron chi connectivity index (χ0n) is 22.8. The molecule has 2 atom stereocenters. The van der Waals surface area contributed by atoms with Crippen molar-refractivity contribution in [3.8, 4) is 11.8 Å². The van der Waals surface area contributed by atoms with Gasteiger partial charge in [0.15, 0.2) is 0 Å². The minimum Gasteiger partial charge on any atom is -0.0842 e. The van der Waals surface area contributed by atoms with Gasteiger partial charge in [0, 0.05) is 16.6 Å². The van der Waals surface area contributed by atoms with Gasteiger partial charge in [-0.3, -0.25) is 0 Å². The molecule has 0 aromatic heterocycles. The normalized spacial score (nSPS) is 25.8. The van der Waals surface area contributed by atoms with Crippen molar-refractivity contribution >= 4 is 22.8 Å². The Bertz CT molecular complexity index is 1780. The molecule has 37 heavy (non-hydrogen) atoms. The van der Waals surface area contributed by atoms with Crippen LogP contribution in [-0.2, 0) is 5.41 Å². The number of allylic oxidation sites excluding steroid dienone is 6. The van der Waals surface area contributed by atoms with Crippen LogP contribution in [0.2, 0.25) is 0 Å². The van der Waals surface area contributed by atoms with Gasteiger partial charge in [-0.2, -0.15) is 0 Å². The van der Waals surface area contributed by atoms with Crippen LogP contribution >= 0.6 is 0 Å². The Hall–Kier alpha value is -3.30. The number of hydrogen-bond acceptors (Lipinski definition) is 0. The lowest BCUT2D eigenvalue weighted by Gasteiger charge is -2.39. The lowest BCUT2D eigenvalue weighted by atomic mass is 9.64. The van der Waals surface area contributed by atoms with E-state index in [9.17, 15) is 0 Å². The van der Waals surface area contributed by atoms with Gasteiger partial charge in [0.05, 0.1) is 0 Å². The standard InChI is InChI=1S/C37H36/c1-23-20-30-35-33-27(23)16-11-17-29(33)36(2,3)31-21-24(22-32(34(31)35)37(30,4)5)18-19-26-13-8-6-7-12-25-14-9-10-15-28(25)26/h6-7,9-12,14-17,21,30,32H,8,13,20,22H2,1-5H3. The summed E-state index contributed by atoms with van der Waals surface area (Å²) in [5, 5.41) is 5.64. The molecule has 0 heterocycles. The first-order valence-corrected chi connectivity index (χ1v) is 14.0. The molecule has 0 nitrogen and oxygen atoms in total. The minimum absolute atomic E-state index is 0.0158. The smallest absolute Gasteiger partial charge is 0.0156 e. The fourth-order valence-electron chi connectivity index (χ4n) is 7.98. The van der Waals surface area contributed by atoms with Gasteiger partial charge >= 0.3 is 0 Å². The van der Waals surface area contributed by atoms with Crippen molar-refractivity contribution < 1.29 is 0 Å². The van der Waals surface area contributed by atoms with E-state index in [1.54, 1.807) is 21.9 Å². The number of hydrogen-bond donors (Lipinski definition) is 0. The maximum Gasteiger partial charge on any atom is 0.0156 e. The SMILES string of the molecule is CC1=c2cccc3c2=C2C4=C(C=C(C#CC5=c6ccccc6=CC=CCC5)CC4C(C)(C)C2C1)C3(C)C. The quantitative estimate of drug-likeness (QED) is 0.432. The molecule has 0 amide bonds. The highest BCUT2D eigenvalue weighted by Crippen LogP contribution is 2.63. The average Bonchev–Trinajstić information content (AvgIpc) is 3.09. The molecule has 5 aliphatic carbocycles. The summed E-state index contributed by atoms with van der Waals surface area (Å²) >= 11 is 0. The van der Waals surface area contributed by atoms with Gasteiger partial charge in [-0.05, 0) is 99.1 Å². The summed E-state index contributed by atoms with van der Waals surface area (Å²) in [6, 6.07) is 15.8. The van der Waals surface area contributed by atoms with Crippen molar-refractivity contribution in [2.45, 2.75) is 65.7 Å². The van der Waals surface area contributed by atoms with Crippen LogP contribution in [0, 0.1) is 29.1 Å². The van der Waals surface area contributed by atoms with E-state index in [2.05, 4.69) is 113 Å². The van der Waals surface area contributed by atoms with E-state index in [1.165, 1.54) is 44.4 Å². The highest BCUT2D eigenvalue weighted by Gasteiger charge is 2.55. The molecule has 1 fully saturated rings. The summed E-state index contributed by atoms with van der Waals surface area (Å²) in [7, 11) is 0. The summed E-state index contributed by atoms with van der Waals surface area (Å²) in [5.41, 5.74) is 10.7. The molecule has 2 aromatic rings. The molecule has 0 N–H and O–H groups in total. The average molecular weight is 481 g/mol. The van der Waals surface area contributed by atoms with Crippen LogP contribution in [0.5, 0.6) is 0 Å². The van der Waals surface area contributed by atoms with Crippen molar-refractivity contribution in [3.63, 3.8) is 0 Å². The molecule has 0 bridgehead atoms. The summed E-state index contributed by atoms with van der Waals surface area (Å²) < 4.78 is 0. The molecule has 0 saturated heterocycles. The Morgan fingerprint density at radius 1 is 0.838 bits per heavy atom. The second-order valence-corrected chi connectivity index (χ2v) is 12.8. The molecular formula is C37H36. The topological polar surface area (TPSA) is 0 Å². The van der Waals surface area contributed by atoms with Crippen molar-refractivity contribution in [1.29, 1.82) is 0 Å². The fraction of sp³-hybridized carbons (Fsp3) is 0.351. The van der Waals surface area contributed by atoms with E-state index >= 15 is 0 Å². The summed E-state index contributed by atoms with van der Waals surface area (Å²) in [4.78, 5) is 0. The molecule has 7 rings (SSSR count). The second-order valence-electron chi connectivity index (χ2n) is 12.8. The van der Waals surface area contributed by atoms with Gasteiger partial charge in [0.1, 0.15) is 0 Å². The molecule has 1 saturated carbocycles. The summed E-state index contributed by atoms with van der Waals surface area (Å²) in [6.07, 6.45) is 13.5. The second kappa shape index (κ2) is 7.85. The third-order valence-corrected chi connectivity index (χ3v) is 10.1. The van der Waals surface area contributed by atoms with Crippen LogP contribution in [0.25, 0.3) is 22.8 Å². The van der Waals surface area contributed by atoms with E-state index in [-0.39, 0.29) is 10.8 Å². The van der Waals surface area contributed by atoms with Gasteiger partial charge in [0.2, 0.25) is 0 Å². The zero-order valence-corrected chi connectivity index (χ0v) is 22.8. The lowest BCUT2D eigenvalue weighted by Crippen LogP contribution is -2.45. The van der Waals surface area contributed by atoms with Crippen molar-refractivity contribution in [3.05, 3.63) is 104 Å². The third kappa shape index (κ3) is 3.16. The first kappa shape index (κ1) is 22.9. The van der Waals surface area contributed by atoms with Crippen molar-refractivity contribution in [1.82, 2.24) is 0 Å². The largest absolute Gasteiger partial charge is 0.0842 e. The predicted molar refractivity (Wildman–Crippen MR) is 156 cm³/mol. The Kier molecular flexibility index (Phi) is 4.85. The monoisotopic (exact) mass is 480 g/mol. The van der Waals surface area contributed by atoms with Crippen molar-refractivity contribution in [2.24, 2.45) is 17.3 Å². The Morgan fingerprint density at radius 3 is 2.49 bits per heavy atom. The highest BCUT2D eigenvalue weighted by molar-refractivity contribution is 5.83. The van der Waals surface area contributed by atoms with Crippen LogP contribution in [0.1, 0.15) is 65.9 Å². The van der Waals surface area contributed by atoms with Gasteiger partial charge in [-0.25, -0.2) is 0 Å². The van der Waals surface area contributed by atoms with Gasteiger partial charge in [-0.1, -0.05) is 106 Å². The Morgan fingerprint density at radius 2 is 1.62 bits per heavy atom. The van der Waals surface area contributed by atoms with Gasteiger partial charge in [-0.15, -0.1) is 0 Å². The predicted octanol–water partition coefficient (Wildman–Crippen LogP) is 5.59. The van der Waals surface area contributed by atoms with Crippen LogP contribution in [0.15, 0.2) is 77.4 Å². The van der Waals surface area contributed by atoms with Gasteiger partial charge in [0.25, 0.3) is 0 Å². The van der Waals surface area contributed by atoms with E-state index in [0.29, 0.717) is 11.8 Å². The van der Waals surface area contributed by atoms with E-state index < -0.39 is 0 Å².